The van der Waals surface area contributed by atoms with Gasteiger partial charge in [-0.2, -0.15) is 0 Å². The van der Waals surface area contributed by atoms with Gasteiger partial charge < -0.3 is 10.1 Å². The van der Waals surface area contributed by atoms with Gasteiger partial charge >= 0.3 is 12.0 Å². The Bertz CT molecular complexity index is 327. The molecule has 0 aromatic rings. The molecular formula is C11H18N2O4. The lowest BCUT2D eigenvalue weighted by molar-refractivity contribution is -0.150. The van der Waals surface area contributed by atoms with Crippen molar-refractivity contribution in [2.24, 2.45) is 0 Å². The summed E-state index contributed by atoms with van der Waals surface area (Å²) in [6.45, 7) is 5.03. The predicted molar refractivity (Wildman–Crippen MR) is 60.2 cm³/mol. The molecule has 1 aliphatic rings. The normalized spacial score (nSPS) is 19.8. The molecule has 0 saturated carbocycles. The van der Waals surface area contributed by atoms with Gasteiger partial charge in [0.2, 0.25) is 0 Å². The highest BCUT2D eigenvalue weighted by atomic mass is 16.5. The lowest BCUT2D eigenvalue weighted by Gasteiger charge is -2.13. The molecule has 1 fully saturated rings. The zero-order valence-corrected chi connectivity index (χ0v) is 10.4. The minimum atomic E-state index is -0.569. The molecule has 1 unspecified atom stereocenters. The van der Waals surface area contributed by atoms with Gasteiger partial charge in [0.1, 0.15) is 12.6 Å². The third kappa shape index (κ3) is 3.44. The Labute approximate surface area is 100 Å². The van der Waals surface area contributed by atoms with Crippen molar-refractivity contribution in [2.75, 3.05) is 6.54 Å². The van der Waals surface area contributed by atoms with Crippen molar-refractivity contribution in [3.63, 3.8) is 0 Å². The van der Waals surface area contributed by atoms with E-state index in [0.717, 1.165) is 11.3 Å². The molecular weight excluding hydrogens is 224 g/mol. The molecule has 1 N–H and O–H groups in total. The molecule has 1 aliphatic heterocycles. The van der Waals surface area contributed by atoms with E-state index in [2.05, 4.69) is 5.32 Å². The number of hydrogen-bond donors (Lipinski definition) is 1. The number of amides is 3. The highest BCUT2D eigenvalue weighted by Crippen LogP contribution is 2.11. The molecule has 17 heavy (non-hydrogen) atoms. The monoisotopic (exact) mass is 242 g/mol. The number of hydrogen-bond acceptors (Lipinski definition) is 4. The van der Waals surface area contributed by atoms with E-state index in [4.69, 9.17) is 4.74 Å². The van der Waals surface area contributed by atoms with Gasteiger partial charge in [0, 0.05) is 0 Å². The van der Waals surface area contributed by atoms with Crippen molar-refractivity contribution >= 4 is 17.9 Å². The van der Waals surface area contributed by atoms with E-state index >= 15 is 0 Å². The molecule has 6 nitrogen and oxygen atoms in total. The maximum Gasteiger partial charge on any atom is 0.326 e. The summed E-state index contributed by atoms with van der Waals surface area (Å²) >= 11 is 0. The zero-order chi connectivity index (χ0) is 13.0. The molecule has 96 valence electrons. The van der Waals surface area contributed by atoms with Crippen molar-refractivity contribution in [1.29, 1.82) is 0 Å². The van der Waals surface area contributed by atoms with Crippen molar-refractivity contribution in [2.45, 2.75) is 45.8 Å². The summed E-state index contributed by atoms with van der Waals surface area (Å²) < 4.78 is 4.89. The third-order valence-electron chi connectivity index (χ3n) is 2.34. The summed E-state index contributed by atoms with van der Waals surface area (Å²) in [7, 11) is 0. The van der Waals surface area contributed by atoms with E-state index in [1.54, 1.807) is 13.8 Å². The van der Waals surface area contributed by atoms with E-state index < -0.39 is 18.0 Å². The van der Waals surface area contributed by atoms with E-state index in [9.17, 15) is 14.4 Å². The molecule has 0 bridgehead atoms. The van der Waals surface area contributed by atoms with Gasteiger partial charge in [-0.3, -0.25) is 14.5 Å². The van der Waals surface area contributed by atoms with Gasteiger partial charge in [0.25, 0.3) is 5.91 Å². The second-order valence-electron chi connectivity index (χ2n) is 4.25. The molecule has 0 aromatic heterocycles. The van der Waals surface area contributed by atoms with Crippen LogP contribution in [0.5, 0.6) is 0 Å². The van der Waals surface area contributed by atoms with Crippen molar-refractivity contribution in [3.8, 4) is 0 Å². The smallest absolute Gasteiger partial charge is 0.326 e. The number of nitrogens with zero attached hydrogens (tertiary/aromatic N) is 1. The van der Waals surface area contributed by atoms with E-state index in [0.29, 0.717) is 6.42 Å². The minimum Gasteiger partial charge on any atom is -0.462 e. The third-order valence-corrected chi connectivity index (χ3v) is 2.34. The van der Waals surface area contributed by atoms with Gasteiger partial charge in [0.15, 0.2) is 0 Å². The second-order valence-corrected chi connectivity index (χ2v) is 4.25. The van der Waals surface area contributed by atoms with Crippen molar-refractivity contribution < 1.29 is 19.1 Å². The zero-order valence-electron chi connectivity index (χ0n) is 10.4. The largest absolute Gasteiger partial charge is 0.462 e. The number of imide groups is 1. The maximum atomic E-state index is 11.8. The summed E-state index contributed by atoms with van der Waals surface area (Å²) in [4.78, 5) is 35.5. The SMILES string of the molecule is CCCC1NC(=O)N(CC(=O)OC(C)C)C1=O. The van der Waals surface area contributed by atoms with Crippen molar-refractivity contribution in [1.82, 2.24) is 10.2 Å². The number of urea groups is 1. The predicted octanol–water partition coefficient (Wildman–Crippen LogP) is 0.658. The maximum absolute atomic E-state index is 11.8. The first-order valence-electron chi connectivity index (χ1n) is 5.77. The molecule has 3 amide bonds. The number of carbonyl (C=O) groups is 3. The first-order chi connectivity index (χ1) is 7.95. The Balaban J connectivity index is 2.57. The first-order valence-corrected chi connectivity index (χ1v) is 5.77. The van der Waals surface area contributed by atoms with Crippen LogP contribution < -0.4 is 5.32 Å². The summed E-state index contributed by atoms with van der Waals surface area (Å²) in [6.07, 6.45) is 1.12. The molecule has 1 saturated heterocycles. The fraction of sp³-hybridized carbons (Fsp3) is 0.727. The quantitative estimate of drug-likeness (QED) is 0.567. The molecule has 1 heterocycles. The van der Waals surface area contributed by atoms with Crippen LogP contribution in [0.2, 0.25) is 0 Å². The Kier molecular flexibility index (Phi) is 4.48. The number of esters is 1. The second kappa shape index (κ2) is 5.65. The van der Waals surface area contributed by atoms with Crippen LogP contribution >= 0.6 is 0 Å². The summed E-state index contributed by atoms with van der Waals surface area (Å²) in [6, 6.07) is -1.02. The minimum absolute atomic E-state index is 0.255. The standard InChI is InChI=1S/C11H18N2O4/c1-4-5-8-10(15)13(11(16)12-8)6-9(14)17-7(2)3/h7-8H,4-6H2,1-3H3,(H,12,16). The summed E-state index contributed by atoms with van der Waals surface area (Å²) in [5, 5.41) is 2.54. The molecule has 0 spiro atoms. The fourth-order valence-corrected chi connectivity index (χ4v) is 1.64. The lowest BCUT2D eigenvalue weighted by atomic mass is 10.2. The van der Waals surface area contributed by atoms with Gasteiger partial charge in [-0.1, -0.05) is 13.3 Å². The highest BCUT2D eigenvalue weighted by molar-refractivity contribution is 6.06. The first kappa shape index (κ1) is 13.5. The topological polar surface area (TPSA) is 75.7 Å². The van der Waals surface area contributed by atoms with Crippen LogP contribution in [0.3, 0.4) is 0 Å². The number of carbonyl (C=O) groups excluding carboxylic acids is 3. The van der Waals surface area contributed by atoms with E-state index in [-0.39, 0.29) is 18.6 Å². The van der Waals surface area contributed by atoms with Crippen molar-refractivity contribution in [3.05, 3.63) is 0 Å². The van der Waals surface area contributed by atoms with Crippen LogP contribution in [0.25, 0.3) is 0 Å². The Morgan fingerprint density at radius 2 is 2.12 bits per heavy atom. The van der Waals surface area contributed by atoms with Gasteiger partial charge in [-0.15, -0.1) is 0 Å². The van der Waals surface area contributed by atoms with Crippen LogP contribution in [0.1, 0.15) is 33.6 Å². The van der Waals surface area contributed by atoms with Crippen LogP contribution in [0.15, 0.2) is 0 Å². The van der Waals surface area contributed by atoms with Gasteiger partial charge in [0.05, 0.1) is 6.10 Å². The van der Waals surface area contributed by atoms with E-state index in [1.807, 2.05) is 6.92 Å². The fourth-order valence-electron chi connectivity index (χ4n) is 1.64. The Morgan fingerprint density at radius 3 is 2.65 bits per heavy atom. The summed E-state index contributed by atoms with van der Waals surface area (Å²) in [5.74, 6) is -0.918. The molecule has 0 aliphatic carbocycles. The molecule has 0 aromatic carbocycles. The number of rotatable bonds is 5. The van der Waals surface area contributed by atoms with Crippen LogP contribution in [0.4, 0.5) is 4.79 Å². The highest BCUT2D eigenvalue weighted by Gasteiger charge is 2.38. The van der Waals surface area contributed by atoms with Crippen LogP contribution in [0, 0.1) is 0 Å². The van der Waals surface area contributed by atoms with Gasteiger partial charge in [-0.05, 0) is 20.3 Å². The average Bonchev–Trinajstić information content (AvgIpc) is 2.45. The Morgan fingerprint density at radius 1 is 1.47 bits per heavy atom. The summed E-state index contributed by atoms with van der Waals surface area (Å²) in [5.41, 5.74) is 0. The molecule has 1 atom stereocenters. The lowest BCUT2D eigenvalue weighted by Crippen LogP contribution is -2.37. The van der Waals surface area contributed by atoms with Crippen LogP contribution in [-0.4, -0.2) is 41.5 Å². The molecule has 0 radical (unpaired) electrons. The number of nitrogens with one attached hydrogen (secondary N) is 1. The van der Waals surface area contributed by atoms with E-state index in [1.165, 1.54) is 0 Å². The Hall–Kier alpha value is -1.59. The number of ether oxygens (including phenoxy) is 1. The van der Waals surface area contributed by atoms with Crippen LogP contribution in [-0.2, 0) is 14.3 Å². The molecule has 6 heteroatoms. The van der Waals surface area contributed by atoms with Gasteiger partial charge in [-0.25, -0.2) is 4.79 Å². The molecule has 1 rings (SSSR count). The average molecular weight is 242 g/mol.